The van der Waals surface area contributed by atoms with Crippen molar-refractivity contribution in [1.29, 1.82) is 0 Å². The van der Waals surface area contributed by atoms with Crippen molar-refractivity contribution in [3.63, 3.8) is 0 Å². The Morgan fingerprint density at radius 2 is 2.00 bits per heavy atom. The third kappa shape index (κ3) is 4.07. The van der Waals surface area contributed by atoms with Gasteiger partial charge in [0.15, 0.2) is 5.78 Å². The predicted octanol–water partition coefficient (Wildman–Crippen LogP) is 3.68. The summed E-state index contributed by atoms with van der Waals surface area (Å²) in [6.45, 7) is 0.939. The number of hydrogen-bond donors (Lipinski definition) is 0. The number of ketones is 1. The van der Waals surface area contributed by atoms with Crippen LogP contribution in [0, 0.1) is 9.49 Å². The van der Waals surface area contributed by atoms with Crippen LogP contribution >= 0.6 is 22.6 Å². The Kier molecular flexibility index (Phi) is 4.98. The molecule has 1 aromatic rings. The molecule has 2 rings (SSSR count). The van der Waals surface area contributed by atoms with E-state index in [9.17, 15) is 4.79 Å². The minimum absolute atomic E-state index is 0.0787. The van der Waals surface area contributed by atoms with Gasteiger partial charge in [0.25, 0.3) is 0 Å². The number of benzene rings is 1. The van der Waals surface area contributed by atoms with E-state index in [0.29, 0.717) is 0 Å². The van der Waals surface area contributed by atoms with Crippen LogP contribution in [0.2, 0.25) is 0 Å². The van der Waals surface area contributed by atoms with Gasteiger partial charge in [-0.3, -0.25) is 4.79 Å². The second-order valence-electron chi connectivity index (χ2n) is 4.57. The summed E-state index contributed by atoms with van der Waals surface area (Å²) >= 11 is 2.23. The molecule has 17 heavy (non-hydrogen) atoms. The predicted molar refractivity (Wildman–Crippen MR) is 76.3 cm³/mol. The van der Waals surface area contributed by atoms with Gasteiger partial charge in [0.1, 0.15) is 6.61 Å². The number of carbonyl (C=O) groups excluding carboxylic acids is 1. The standard InChI is InChI=1S/C14H17IO2/c15-13-6-4-12(5-7-13)14(16)10-17-9-8-11-2-1-3-11/h4-7,11H,1-3,8-10H2. The maximum absolute atomic E-state index is 11.8. The third-order valence-corrected chi connectivity index (χ3v) is 4.01. The lowest BCUT2D eigenvalue weighted by Crippen LogP contribution is -2.16. The molecule has 0 spiro atoms. The lowest BCUT2D eigenvalue weighted by atomic mass is 9.83. The maximum Gasteiger partial charge on any atom is 0.188 e. The van der Waals surface area contributed by atoms with E-state index in [4.69, 9.17) is 4.74 Å². The molecular weight excluding hydrogens is 327 g/mol. The molecular formula is C14H17IO2. The summed E-state index contributed by atoms with van der Waals surface area (Å²) < 4.78 is 6.58. The molecule has 1 aliphatic rings. The molecule has 0 N–H and O–H groups in total. The smallest absolute Gasteiger partial charge is 0.188 e. The second kappa shape index (κ2) is 6.50. The molecule has 3 heteroatoms. The van der Waals surface area contributed by atoms with Crippen molar-refractivity contribution in [2.45, 2.75) is 25.7 Å². The van der Waals surface area contributed by atoms with E-state index in [-0.39, 0.29) is 12.4 Å². The van der Waals surface area contributed by atoms with Gasteiger partial charge in [0, 0.05) is 15.7 Å². The summed E-state index contributed by atoms with van der Waals surface area (Å²) in [5.74, 6) is 0.929. The summed E-state index contributed by atoms with van der Waals surface area (Å²) in [6, 6.07) is 7.61. The van der Waals surface area contributed by atoms with Crippen molar-refractivity contribution in [2.24, 2.45) is 5.92 Å². The van der Waals surface area contributed by atoms with Gasteiger partial charge in [-0.15, -0.1) is 0 Å². The molecule has 0 saturated heterocycles. The molecule has 1 saturated carbocycles. The van der Waals surface area contributed by atoms with E-state index >= 15 is 0 Å². The van der Waals surface area contributed by atoms with Gasteiger partial charge in [-0.2, -0.15) is 0 Å². The second-order valence-corrected chi connectivity index (χ2v) is 5.81. The molecule has 0 radical (unpaired) electrons. The Labute approximate surface area is 116 Å². The zero-order chi connectivity index (χ0) is 12.1. The van der Waals surface area contributed by atoms with Crippen LogP contribution in [-0.4, -0.2) is 19.0 Å². The number of hydrogen-bond acceptors (Lipinski definition) is 2. The fraction of sp³-hybridized carbons (Fsp3) is 0.500. The average molecular weight is 344 g/mol. The van der Waals surface area contributed by atoms with Crippen LogP contribution < -0.4 is 0 Å². The van der Waals surface area contributed by atoms with E-state index in [1.165, 1.54) is 19.3 Å². The lowest BCUT2D eigenvalue weighted by Gasteiger charge is -2.24. The first-order valence-corrected chi connectivity index (χ1v) is 7.20. The zero-order valence-corrected chi connectivity index (χ0v) is 12.0. The zero-order valence-electron chi connectivity index (χ0n) is 9.82. The Morgan fingerprint density at radius 3 is 2.59 bits per heavy atom. The highest BCUT2D eigenvalue weighted by Crippen LogP contribution is 2.29. The van der Waals surface area contributed by atoms with Gasteiger partial charge in [-0.05, 0) is 47.1 Å². The van der Waals surface area contributed by atoms with E-state index in [1.54, 1.807) is 0 Å². The van der Waals surface area contributed by atoms with Crippen LogP contribution in [0.3, 0.4) is 0 Å². The van der Waals surface area contributed by atoms with Crippen molar-refractivity contribution < 1.29 is 9.53 Å². The highest BCUT2D eigenvalue weighted by molar-refractivity contribution is 14.1. The van der Waals surface area contributed by atoms with Gasteiger partial charge in [0.05, 0.1) is 0 Å². The van der Waals surface area contributed by atoms with Crippen molar-refractivity contribution in [3.05, 3.63) is 33.4 Å². The van der Waals surface area contributed by atoms with Crippen LogP contribution in [0.5, 0.6) is 0 Å². The quantitative estimate of drug-likeness (QED) is 0.447. The van der Waals surface area contributed by atoms with E-state index in [2.05, 4.69) is 22.6 Å². The Morgan fingerprint density at radius 1 is 1.29 bits per heavy atom. The first kappa shape index (κ1) is 13.0. The first-order valence-electron chi connectivity index (χ1n) is 6.12. The lowest BCUT2D eigenvalue weighted by molar-refractivity contribution is 0.0705. The number of rotatable bonds is 6. The van der Waals surface area contributed by atoms with Gasteiger partial charge in [0.2, 0.25) is 0 Å². The molecule has 92 valence electrons. The van der Waals surface area contributed by atoms with Crippen LogP contribution in [-0.2, 0) is 4.74 Å². The summed E-state index contributed by atoms with van der Waals surface area (Å²) in [5.41, 5.74) is 0.745. The highest BCUT2D eigenvalue weighted by Gasteiger charge is 2.16. The normalized spacial score (nSPS) is 15.6. The summed E-state index contributed by atoms with van der Waals surface area (Å²) in [7, 11) is 0. The number of Topliss-reactive ketones (excluding diaryl/α,β-unsaturated/α-hetero) is 1. The fourth-order valence-corrected chi connectivity index (χ4v) is 2.28. The van der Waals surface area contributed by atoms with Crippen LogP contribution in [0.4, 0.5) is 0 Å². The SMILES string of the molecule is O=C(COCCC1CCC1)c1ccc(I)cc1. The largest absolute Gasteiger partial charge is 0.373 e. The maximum atomic E-state index is 11.8. The van der Waals surface area contributed by atoms with Crippen LogP contribution in [0.15, 0.2) is 24.3 Å². The molecule has 0 heterocycles. The third-order valence-electron chi connectivity index (χ3n) is 3.29. The molecule has 1 aliphatic carbocycles. The molecule has 1 fully saturated rings. The molecule has 0 unspecified atom stereocenters. The molecule has 0 aromatic heterocycles. The highest BCUT2D eigenvalue weighted by atomic mass is 127. The Hall–Kier alpha value is -0.420. The van der Waals surface area contributed by atoms with Gasteiger partial charge in [-0.1, -0.05) is 31.4 Å². The van der Waals surface area contributed by atoms with Crippen LogP contribution in [0.25, 0.3) is 0 Å². The van der Waals surface area contributed by atoms with Gasteiger partial charge in [-0.25, -0.2) is 0 Å². The van der Waals surface area contributed by atoms with Crippen molar-refractivity contribution in [2.75, 3.05) is 13.2 Å². The van der Waals surface area contributed by atoms with E-state index in [1.807, 2.05) is 24.3 Å². The first-order chi connectivity index (χ1) is 8.25. The van der Waals surface area contributed by atoms with Gasteiger partial charge >= 0.3 is 0 Å². The molecule has 0 atom stereocenters. The number of carbonyl (C=O) groups is 1. The van der Waals surface area contributed by atoms with Crippen molar-refractivity contribution in [1.82, 2.24) is 0 Å². The topological polar surface area (TPSA) is 26.3 Å². The van der Waals surface area contributed by atoms with Crippen LogP contribution in [0.1, 0.15) is 36.0 Å². The Bertz CT molecular complexity index is 368. The average Bonchev–Trinajstić information content (AvgIpc) is 2.27. The molecule has 0 aliphatic heterocycles. The molecule has 2 nitrogen and oxygen atoms in total. The van der Waals surface area contributed by atoms with Crippen molar-refractivity contribution in [3.8, 4) is 0 Å². The van der Waals surface area contributed by atoms with Crippen molar-refractivity contribution >= 4 is 28.4 Å². The Balaban J connectivity index is 1.67. The molecule has 0 amide bonds. The summed E-state index contributed by atoms with van der Waals surface area (Å²) in [6.07, 6.45) is 5.16. The van der Waals surface area contributed by atoms with E-state index < -0.39 is 0 Å². The number of ether oxygens (including phenoxy) is 1. The minimum atomic E-state index is 0.0787. The number of halogens is 1. The molecule has 0 bridgehead atoms. The summed E-state index contributed by atoms with van der Waals surface area (Å²) in [4.78, 5) is 11.8. The van der Waals surface area contributed by atoms with Gasteiger partial charge < -0.3 is 4.74 Å². The summed E-state index contributed by atoms with van der Waals surface area (Å²) in [5, 5.41) is 0. The fourth-order valence-electron chi connectivity index (χ4n) is 1.92. The minimum Gasteiger partial charge on any atom is -0.373 e. The monoisotopic (exact) mass is 344 g/mol. The molecule has 1 aromatic carbocycles. The van der Waals surface area contributed by atoms with E-state index in [0.717, 1.165) is 28.1 Å².